The van der Waals surface area contributed by atoms with E-state index in [0.29, 0.717) is 30.3 Å². The molecule has 1 aliphatic heterocycles. The summed E-state index contributed by atoms with van der Waals surface area (Å²) >= 11 is 3.57. The molecule has 0 aliphatic carbocycles. The largest absolute Gasteiger partial charge is 0.493 e. The maximum Gasteiger partial charge on any atom is 0.410 e. The standard InChI is InChI=1S/C32H39BrN2O5/c1-32(2,3)40-31(36)34-16-14-27(15-17-34)35(26-12-10-25(33)11-13-26)21-22-8-7-9-23(18-22)24-19-28(37-4)30(39-6)29(20-24)38-5/h7-13,18-20,27H,14-17,21H2,1-6H3. The van der Waals surface area contributed by atoms with E-state index in [2.05, 4.69) is 69.4 Å². The Kier molecular flexibility index (Phi) is 9.51. The minimum atomic E-state index is -0.500. The van der Waals surface area contributed by atoms with Crippen LogP contribution in [0, 0.1) is 0 Å². The van der Waals surface area contributed by atoms with Crippen molar-refractivity contribution in [2.24, 2.45) is 0 Å². The van der Waals surface area contributed by atoms with Crippen molar-refractivity contribution in [1.29, 1.82) is 0 Å². The van der Waals surface area contributed by atoms with Crippen LogP contribution < -0.4 is 19.1 Å². The lowest BCUT2D eigenvalue weighted by Gasteiger charge is -2.40. The van der Waals surface area contributed by atoms with Crippen molar-refractivity contribution in [2.45, 2.75) is 51.8 Å². The fraction of sp³-hybridized carbons (Fsp3) is 0.406. The molecule has 214 valence electrons. The third-order valence-corrected chi connectivity index (χ3v) is 7.52. The second-order valence-corrected chi connectivity index (χ2v) is 11.8. The first-order valence-electron chi connectivity index (χ1n) is 13.5. The van der Waals surface area contributed by atoms with Gasteiger partial charge >= 0.3 is 6.09 Å². The molecule has 0 bridgehead atoms. The van der Waals surface area contributed by atoms with Crippen LogP contribution in [0.4, 0.5) is 10.5 Å². The second kappa shape index (κ2) is 12.9. The van der Waals surface area contributed by atoms with Gasteiger partial charge in [0.15, 0.2) is 11.5 Å². The molecular weight excluding hydrogens is 572 g/mol. The van der Waals surface area contributed by atoms with Gasteiger partial charge < -0.3 is 28.7 Å². The Labute approximate surface area is 246 Å². The monoisotopic (exact) mass is 610 g/mol. The van der Waals surface area contributed by atoms with Crippen molar-refractivity contribution < 1.29 is 23.7 Å². The van der Waals surface area contributed by atoms with Crippen molar-refractivity contribution in [3.8, 4) is 28.4 Å². The average Bonchev–Trinajstić information content (AvgIpc) is 2.95. The fourth-order valence-electron chi connectivity index (χ4n) is 5.04. The molecule has 8 heteroatoms. The van der Waals surface area contributed by atoms with Crippen LogP contribution in [-0.4, -0.2) is 57.1 Å². The maximum atomic E-state index is 12.7. The van der Waals surface area contributed by atoms with Gasteiger partial charge in [-0.25, -0.2) is 4.79 Å². The lowest BCUT2D eigenvalue weighted by Crippen LogP contribution is -2.48. The van der Waals surface area contributed by atoms with Gasteiger partial charge in [0.1, 0.15) is 5.60 Å². The van der Waals surface area contributed by atoms with Gasteiger partial charge in [0.05, 0.1) is 21.3 Å². The van der Waals surface area contributed by atoms with E-state index in [0.717, 1.165) is 40.7 Å². The summed E-state index contributed by atoms with van der Waals surface area (Å²) in [5.74, 6) is 1.81. The molecule has 1 heterocycles. The molecule has 0 spiro atoms. The fourth-order valence-corrected chi connectivity index (χ4v) is 5.31. The molecule has 1 aliphatic rings. The molecule has 0 aromatic heterocycles. The smallest absolute Gasteiger partial charge is 0.410 e. The Balaban J connectivity index is 1.59. The van der Waals surface area contributed by atoms with Crippen LogP contribution >= 0.6 is 15.9 Å². The van der Waals surface area contributed by atoms with Gasteiger partial charge in [-0.1, -0.05) is 34.1 Å². The van der Waals surface area contributed by atoms with Crippen LogP contribution in [0.1, 0.15) is 39.2 Å². The number of hydrogen-bond acceptors (Lipinski definition) is 6. The van der Waals surface area contributed by atoms with Crippen LogP contribution in [-0.2, 0) is 11.3 Å². The van der Waals surface area contributed by atoms with E-state index in [4.69, 9.17) is 18.9 Å². The predicted octanol–water partition coefficient (Wildman–Crippen LogP) is 7.55. The topological polar surface area (TPSA) is 60.5 Å². The number of likely N-dealkylation sites (tertiary alicyclic amines) is 1. The lowest BCUT2D eigenvalue weighted by molar-refractivity contribution is 0.0204. The Bertz CT molecular complexity index is 1270. The summed E-state index contributed by atoms with van der Waals surface area (Å²) in [6.45, 7) is 7.77. The summed E-state index contributed by atoms with van der Waals surface area (Å²) in [6.07, 6.45) is 1.49. The summed E-state index contributed by atoms with van der Waals surface area (Å²) in [5.41, 5.74) is 3.88. The van der Waals surface area contributed by atoms with Crippen LogP contribution in [0.2, 0.25) is 0 Å². The lowest BCUT2D eigenvalue weighted by atomic mass is 9.99. The molecule has 1 fully saturated rings. The van der Waals surface area contributed by atoms with Gasteiger partial charge in [0.2, 0.25) is 5.75 Å². The molecule has 3 aromatic rings. The zero-order valence-electron chi connectivity index (χ0n) is 24.2. The number of methoxy groups -OCH3 is 3. The van der Waals surface area contributed by atoms with Crippen molar-refractivity contribution in [3.05, 3.63) is 70.7 Å². The minimum Gasteiger partial charge on any atom is -0.493 e. The van der Waals surface area contributed by atoms with E-state index in [9.17, 15) is 4.79 Å². The van der Waals surface area contributed by atoms with E-state index in [1.807, 2.05) is 37.8 Å². The summed E-state index contributed by atoms with van der Waals surface area (Å²) in [4.78, 5) is 16.9. The van der Waals surface area contributed by atoms with Crippen LogP contribution in [0.3, 0.4) is 0 Å². The predicted molar refractivity (Wildman–Crippen MR) is 163 cm³/mol. The number of carbonyl (C=O) groups excluding carboxylic acids is 1. The molecule has 4 rings (SSSR count). The molecular formula is C32H39BrN2O5. The van der Waals surface area contributed by atoms with Gasteiger partial charge in [-0.3, -0.25) is 0 Å². The van der Waals surface area contributed by atoms with Crippen LogP contribution in [0.25, 0.3) is 11.1 Å². The van der Waals surface area contributed by atoms with Gasteiger partial charge in [-0.05, 0) is 92.8 Å². The molecule has 7 nitrogen and oxygen atoms in total. The number of anilines is 1. The van der Waals surface area contributed by atoms with Crippen LogP contribution in [0.5, 0.6) is 17.2 Å². The van der Waals surface area contributed by atoms with Gasteiger partial charge in [-0.2, -0.15) is 0 Å². The number of piperidine rings is 1. The van der Waals surface area contributed by atoms with Gasteiger partial charge in [-0.15, -0.1) is 0 Å². The van der Waals surface area contributed by atoms with E-state index in [1.54, 1.807) is 21.3 Å². The molecule has 1 saturated heterocycles. The highest BCUT2D eigenvalue weighted by Gasteiger charge is 2.30. The SMILES string of the molecule is COc1cc(-c2cccc(CN(c3ccc(Br)cc3)C3CCN(C(=O)OC(C)(C)C)CC3)c2)cc(OC)c1OC. The average molecular weight is 612 g/mol. The molecule has 0 unspecified atom stereocenters. The van der Waals surface area contributed by atoms with Crippen molar-refractivity contribution in [3.63, 3.8) is 0 Å². The molecule has 1 amide bonds. The quantitative estimate of drug-likeness (QED) is 0.262. The zero-order valence-corrected chi connectivity index (χ0v) is 25.8. The number of amides is 1. The Morgan fingerprint density at radius 1 is 0.900 bits per heavy atom. The Hall–Kier alpha value is -3.39. The zero-order chi connectivity index (χ0) is 28.9. The summed E-state index contributed by atoms with van der Waals surface area (Å²) < 4.78 is 23.3. The first-order chi connectivity index (χ1) is 19.1. The normalized spacial score (nSPS) is 14.0. The molecule has 3 aromatic carbocycles. The number of hydrogen-bond donors (Lipinski definition) is 0. The Morgan fingerprint density at radius 2 is 1.52 bits per heavy atom. The van der Waals surface area contributed by atoms with E-state index >= 15 is 0 Å². The highest BCUT2D eigenvalue weighted by Crippen LogP contribution is 2.41. The first kappa shape index (κ1) is 29.6. The summed E-state index contributed by atoms with van der Waals surface area (Å²) in [7, 11) is 4.86. The number of rotatable bonds is 8. The van der Waals surface area contributed by atoms with E-state index < -0.39 is 5.60 Å². The third-order valence-electron chi connectivity index (χ3n) is 6.99. The molecule has 0 atom stereocenters. The first-order valence-corrected chi connectivity index (χ1v) is 14.3. The summed E-state index contributed by atoms with van der Waals surface area (Å²) in [5, 5.41) is 0. The van der Waals surface area contributed by atoms with E-state index in [1.165, 1.54) is 5.56 Å². The maximum absolute atomic E-state index is 12.7. The number of halogens is 1. The highest BCUT2D eigenvalue weighted by atomic mass is 79.9. The number of ether oxygens (including phenoxy) is 4. The molecule has 40 heavy (non-hydrogen) atoms. The molecule has 0 saturated carbocycles. The number of nitrogens with zero attached hydrogens (tertiary/aromatic N) is 2. The van der Waals surface area contributed by atoms with Crippen LogP contribution in [0.15, 0.2) is 65.1 Å². The van der Waals surface area contributed by atoms with Crippen molar-refractivity contribution >= 4 is 27.7 Å². The number of carbonyl (C=O) groups is 1. The second-order valence-electron chi connectivity index (χ2n) is 10.9. The van der Waals surface area contributed by atoms with Gasteiger partial charge in [0.25, 0.3) is 0 Å². The van der Waals surface area contributed by atoms with Gasteiger partial charge in [0, 0.05) is 35.8 Å². The van der Waals surface area contributed by atoms with Crippen molar-refractivity contribution in [1.82, 2.24) is 4.90 Å². The van der Waals surface area contributed by atoms with E-state index in [-0.39, 0.29) is 12.1 Å². The molecule has 0 N–H and O–H groups in total. The third kappa shape index (κ3) is 7.22. The minimum absolute atomic E-state index is 0.237. The summed E-state index contributed by atoms with van der Waals surface area (Å²) in [6, 6.07) is 21.2. The Morgan fingerprint density at radius 3 is 2.08 bits per heavy atom. The number of benzene rings is 3. The molecule has 0 radical (unpaired) electrons. The highest BCUT2D eigenvalue weighted by molar-refractivity contribution is 9.10. The van der Waals surface area contributed by atoms with Crippen molar-refractivity contribution in [2.75, 3.05) is 39.3 Å².